The summed E-state index contributed by atoms with van der Waals surface area (Å²) >= 11 is 0. The van der Waals surface area contributed by atoms with Crippen LogP contribution in [0.5, 0.6) is 0 Å². The van der Waals surface area contributed by atoms with Gasteiger partial charge in [0, 0.05) is 0 Å². The van der Waals surface area contributed by atoms with Crippen LogP contribution in [0.15, 0.2) is 11.5 Å². The molecule has 0 bridgehead atoms. The Balaban J connectivity index is 2.50. The van der Waals surface area contributed by atoms with E-state index in [0.29, 0.717) is 6.61 Å². The van der Waals surface area contributed by atoms with Crippen molar-refractivity contribution in [3.63, 3.8) is 0 Å². The molecule has 0 aromatic heterocycles. The lowest BCUT2D eigenvalue weighted by atomic mass is 10.2. The van der Waals surface area contributed by atoms with E-state index in [-0.39, 0.29) is 5.76 Å². The summed E-state index contributed by atoms with van der Waals surface area (Å²) in [6, 6.07) is 0. The van der Waals surface area contributed by atoms with Crippen LogP contribution in [0, 0.1) is 0 Å². The average Bonchev–Trinajstić information content (AvgIpc) is 2.65. The maximum absolute atomic E-state index is 11.1. The van der Waals surface area contributed by atoms with Crippen LogP contribution in [-0.2, 0) is 14.3 Å². The molecule has 6 nitrogen and oxygen atoms in total. The van der Waals surface area contributed by atoms with Gasteiger partial charge in [-0.25, -0.2) is 4.79 Å². The van der Waals surface area contributed by atoms with E-state index < -0.39 is 30.5 Å². The summed E-state index contributed by atoms with van der Waals surface area (Å²) in [5.74, 6) is -1.64. The molecule has 3 N–H and O–H groups in total. The fraction of sp³-hybridized carbons (Fsp3) is 0.750. The van der Waals surface area contributed by atoms with Gasteiger partial charge in [0.2, 0.25) is 5.76 Å². The lowest BCUT2D eigenvalue weighted by molar-refractivity contribution is -0.148. The van der Waals surface area contributed by atoms with Crippen LogP contribution in [0.3, 0.4) is 0 Å². The van der Waals surface area contributed by atoms with Crippen molar-refractivity contribution in [2.24, 2.45) is 0 Å². The standard InChI is InChI=1S/C12H20O6/c1-2-3-4-5-6-17-11-9(15)12(16)18-10(11)8(14)7-13/h8,10,13-15H,2-7H2,1H3/t8-,10+/m0/s1. The largest absolute Gasteiger partial charge is 0.499 e. The Kier molecular flexibility index (Phi) is 5.94. The molecule has 0 unspecified atom stereocenters. The number of hydrogen-bond donors (Lipinski definition) is 3. The van der Waals surface area contributed by atoms with Crippen molar-refractivity contribution in [3.8, 4) is 0 Å². The van der Waals surface area contributed by atoms with Crippen molar-refractivity contribution < 1.29 is 29.6 Å². The van der Waals surface area contributed by atoms with E-state index >= 15 is 0 Å². The van der Waals surface area contributed by atoms with Crippen molar-refractivity contribution in [1.29, 1.82) is 0 Å². The van der Waals surface area contributed by atoms with Crippen LogP contribution < -0.4 is 0 Å². The molecule has 1 heterocycles. The first kappa shape index (κ1) is 14.8. The molecule has 6 heteroatoms. The number of carbonyl (C=O) groups excluding carboxylic acids is 1. The van der Waals surface area contributed by atoms with Crippen molar-refractivity contribution in [3.05, 3.63) is 11.5 Å². The predicted molar refractivity (Wildman–Crippen MR) is 62.7 cm³/mol. The van der Waals surface area contributed by atoms with Crippen LogP contribution in [0.2, 0.25) is 0 Å². The van der Waals surface area contributed by atoms with Crippen LogP contribution in [-0.4, -0.2) is 46.7 Å². The summed E-state index contributed by atoms with van der Waals surface area (Å²) in [6.45, 7) is 1.85. The number of aliphatic hydroxyl groups excluding tert-OH is 3. The summed E-state index contributed by atoms with van der Waals surface area (Å²) in [5, 5.41) is 27.7. The molecule has 0 spiro atoms. The molecule has 0 aromatic carbocycles. The second kappa shape index (κ2) is 7.23. The zero-order valence-corrected chi connectivity index (χ0v) is 10.5. The molecule has 1 aliphatic heterocycles. The first-order valence-corrected chi connectivity index (χ1v) is 6.17. The van der Waals surface area contributed by atoms with Gasteiger partial charge in [-0.15, -0.1) is 0 Å². The van der Waals surface area contributed by atoms with Gasteiger partial charge in [-0.05, 0) is 6.42 Å². The topological polar surface area (TPSA) is 96.2 Å². The van der Waals surface area contributed by atoms with Gasteiger partial charge in [0.15, 0.2) is 11.9 Å². The lowest BCUT2D eigenvalue weighted by Crippen LogP contribution is -2.32. The summed E-state index contributed by atoms with van der Waals surface area (Å²) < 4.78 is 10.00. The minimum absolute atomic E-state index is 0.0851. The first-order valence-electron chi connectivity index (χ1n) is 6.17. The van der Waals surface area contributed by atoms with E-state index in [1.807, 2.05) is 0 Å². The Morgan fingerprint density at radius 2 is 2.11 bits per heavy atom. The Morgan fingerprint density at radius 3 is 2.72 bits per heavy atom. The number of cyclic esters (lactones) is 1. The van der Waals surface area contributed by atoms with Gasteiger partial charge >= 0.3 is 5.97 Å². The van der Waals surface area contributed by atoms with Crippen LogP contribution >= 0.6 is 0 Å². The number of aliphatic hydroxyl groups is 3. The minimum Gasteiger partial charge on any atom is -0.499 e. The zero-order chi connectivity index (χ0) is 13.5. The van der Waals surface area contributed by atoms with Gasteiger partial charge in [0.1, 0.15) is 6.10 Å². The van der Waals surface area contributed by atoms with E-state index in [9.17, 15) is 15.0 Å². The van der Waals surface area contributed by atoms with Crippen molar-refractivity contribution >= 4 is 5.97 Å². The van der Waals surface area contributed by atoms with Crippen molar-refractivity contribution in [2.45, 2.75) is 44.8 Å². The molecular weight excluding hydrogens is 240 g/mol. The van der Waals surface area contributed by atoms with Crippen LogP contribution in [0.25, 0.3) is 0 Å². The molecule has 0 saturated carbocycles. The van der Waals surface area contributed by atoms with E-state index in [0.717, 1.165) is 25.7 Å². The highest BCUT2D eigenvalue weighted by Crippen LogP contribution is 2.25. The second-order valence-corrected chi connectivity index (χ2v) is 4.20. The summed E-state index contributed by atoms with van der Waals surface area (Å²) in [4.78, 5) is 11.1. The third-order valence-corrected chi connectivity index (χ3v) is 2.71. The second-order valence-electron chi connectivity index (χ2n) is 4.20. The molecule has 0 saturated heterocycles. The highest BCUT2D eigenvalue weighted by molar-refractivity contribution is 5.89. The molecular formula is C12H20O6. The van der Waals surface area contributed by atoms with Crippen molar-refractivity contribution in [1.82, 2.24) is 0 Å². The fourth-order valence-corrected chi connectivity index (χ4v) is 1.67. The molecule has 1 aliphatic rings. The third-order valence-electron chi connectivity index (χ3n) is 2.71. The van der Waals surface area contributed by atoms with Gasteiger partial charge in [0.05, 0.1) is 13.2 Å². The van der Waals surface area contributed by atoms with Crippen molar-refractivity contribution in [2.75, 3.05) is 13.2 Å². The van der Waals surface area contributed by atoms with E-state index in [2.05, 4.69) is 6.92 Å². The Hall–Kier alpha value is -1.27. The number of hydrogen-bond acceptors (Lipinski definition) is 6. The van der Waals surface area contributed by atoms with Gasteiger partial charge in [-0.1, -0.05) is 26.2 Å². The molecule has 0 amide bonds. The molecule has 1 rings (SSSR count). The highest BCUT2D eigenvalue weighted by atomic mass is 16.6. The summed E-state index contributed by atoms with van der Waals surface area (Å²) in [7, 11) is 0. The number of rotatable bonds is 8. The maximum Gasteiger partial charge on any atom is 0.378 e. The lowest BCUT2D eigenvalue weighted by Gasteiger charge is -2.18. The fourth-order valence-electron chi connectivity index (χ4n) is 1.67. The van der Waals surface area contributed by atoms with Gasteiger partial charge in [-0.2, -0.15) is 0 Å². The Morgan fingerprint density at radius 1 is 1.39 bits per heavy atom. The third kappa shape index (κ3) is 3.61. The van der Waals surface area contributed by atoms with E-state index in [4.69, 9.17) is 14.6 Å². The summed E-state index contributed by atoms with van der Waals surface area (Å²) in [5.41, 5.74) is 0. The number of esters is 1. The van der Waals surface area contributed by atoms with E-state index in [1.54, 1.807) is 0 Å². The van der Waals surface area contributed by atoms with Gasteiger partial charge < -0.3 is 24.8 Å². The first-order chi connectivity index (χ1) is 8.61. The molecule has 2 atom stereocenters. The number of ether oxygens (including phenoxy) is 2. The quantitative estimate of drug-likeness (QED) is 0.437. The Labute approximate surface area is 106 Å². The normalized spacial score (nSPS) is 21.1. The molecule has 0 fully saturated rings. The summed E-state index contributed by atoms with van der Waals surface area (Å²) in [6.07, 6.45) is 1.57. The smallest absolute Gasteiger partial charge is 0.378 e. The SMILES string of the molecule is CCCCCCOC1=C(O)C(=O)O[C@@H]1[C@@H](O)CO. The van der Waals surface area contributed by atoms with Gasteiger partial charge in [-0.3, -0.25) is 0 Å². The zero-order valence-electron chi connectivity index (χ0n) is 10.5. The molecule has 18 heavy (non-hydrogen) atoms. The Bertz CT molecular complexity index is 312. The van der Waals surface area contributed by atoms with Crippen LogP contribution in [0.4, 0.5) is 0 Å². The average molecular weight is 260 g/mol. The maximum atomic E-state index is 11.1. The molecule has 0 radical (unpaired) electrons. The van der Waals surface area contributed by atoms with Gasteiger partial charge in [0.25, 0.3) is 0 Å². The molecule has 0 aromatic rings. The molecule has 104 valence electrons. The predicted octanol–water partition coefficient (Wildman–Crippen LogP) is 0.631. The minimum atomic E-state index is -1.29. The highest BCUT2D eigenvalue weighted by Gasteiger charge is 2.40. The van der Waals surface area contributed by atoms with E-state index in [1.165, 1.54) is 0 Å². The molecule has 0 aliphatic carbocycles. The number of carbonyl (C=O) groups is 1. The van der Waals surface area contributed by atoms with Crippen LogP contribution in [0.1, 0.15) is 32.6 Å². The number of unbranched alkanes of at least 4 members (excludes halogenated alkanes) is 3. The monoisotopic (exact) mass is 260 g/mol.